The van der Waals surface area contributed by atoms with Crippen LogP contribution >= 0.6 is 11.3 Å². The number of carbonyl (C=O) groups excluding carboxylic acids is 1. The van der Waals surface area contributed by atoms with Gasteiger partial charge in [0.2, 0.25) is 5.91 Å². The summed E-state index contributed by atoms with van der Waals surface area (Å²) in [7, 11) is 3.06. The average molecular weight is 401 g/mol. The predicted molar refractivity (Wildman–Crippen MR) is 107 cm³/mol. The molecule has 9 heteroatoms. The van der Waals surface area contributed by atoms with Gasteiger partial charge in [-0.15, -0.1) is 0 Å². The number of imidazole rings is 1. The Kier molecular flexibility index (Phi) is 4.92. The lowest BCUT2D eigenvalue weighted by atomic mass is 10.2. The lowest BCUT2D eigenvalue weighted by Crippen LogP contribution is -2.37. The second-order valence-electron chi connectivity index (χ2n) is 7.30. The van der Waals surface area contributed by atoms with E-state index in [0.717, 1.165) is 17.4 Å². The quantitative estimate of drug-likeness (QED) is 0.600. The molecule has 0 bridgehead atoms. The molecule has 148 valence electrons. The first-order chi connectivity index (χ1) is 13.5. The van der Waals surface area contributed by atoms with E-state index < -0.39 is 5.69 Å². The molecule has 3 aromatic heterocycles. The molecule has 0 atom stereocenters. The van der Waals surface area contributed by atoms with E-state index in [1.807, 2.05) is 10.3 Å². The van der Waals surface area contributed by atoms with Gasteiger partial charge in [-0.2, -0.15) is 11.3 Å². The van der Waals surface area contributed by atoms with Gasteiger partial charge in [0.1, 0.15) is 0 Å². The molecule has 0 N–H and O–H groups in total. The zero-order valence-corrected chi connectivity index (χ0v) is 16.8. The maximum atomic E-state index is 12.8. The van der Waals surface area contributed by atoms with Crippen LogP contribution in [0.15, 0.2) is 32.7 Å². The first kappa shape index (κ1) is 18.7. The molecule has 0 aromatic carbocycles. The highest BCUT2D eigenvalue weighted by Gasteiger charge is 2.32. The number of hydrogen-bond donors (Lipinski definition) is 0. The lowest BCUT2D eigenvalue weighted by molar-refractivity contribution is -0.132. The molecule has 28 heavy (non-hydrogen) atoms. The summed E-state index contributed by atoms with van der Waals surface area (Å²) in [6.45, 7) is 1.18. The van der Waals surface area contributed by atoms with Gasteiger partial charge >= 0.3 is 5.69 Å². The second kappa shape index (κ2) is 7.38. The first-order valence-corrected chi connectivity index (χ1v) is 10.3. The predicted octanol–water partition coefficient (Wildman–Crippen LogP) is 1.47. The molecule has 1 aliphatic carbocycles. The third kappa shape index (κ3) is 3.42. The summed E-state index contributed by atoms with van der Waals surface area (Å²) in [5.74, 6) is 0.151. The molecule has 1 amide bonds. The van der Waals surface area contributed by atoms with Crippen molar-refractivity contribution in [2.45, 2.75) is 44.8 Å². The Labute approximate surface area is 165 Å². The van der Waals surface area contributed by atoms with Gasteiger partial charge < -0.3 is 9.47 Å². The van der Waals surface area contributed by atoms with E-state index in [0.29, 0.717) is 43.1 Å². The minimum Gasteiger partial charge on any atom is -0.335 e. The van der Waals surface area contributed by atoms with Crippen LogP contribution in [-0.4, -0.2) is 35.5 Å². The molecule has 1 saturated carbocycles. The first-order valence-electron chi connectivity index (χ1n) is 9.38. The van der Waals surface area contributed by atoms with E-state index >= 15 is 0 Å². The number of aryl methyl sites for hydroxylation is 2. The zero-order valence-electron chi connectivity index (χ0n) is 16.0. The van der Waals surface area contributed by atoms with Gasteiger partial charge in [-0.05, 0) is 41.7 Å². The molecule has 3 aromatic rings. The van der Waals surface area contributed by atoms with Crippen molar-refractivity contribution in [3.63, 3.8) is 0 Å². The summed E-state index contributed by atoms with van der Waals surface area (Å²) in [6.07, 6.45) is 4.76. The monoisotopic (exact) mass is 401 g/mol. The Hall–Kier alpha value is -2.68. The SMILES string of the molecule is Cn1c(=O)c2c(ncn2CCCC(=O)N(Cc2ccsc2)C2CC2)n(C)c1=O. The molecule has 4 rings (SSSR count). The number of thiophene rings is 1. The highest BCUT2D eigenvalue weighted by Crippen LogP contribution is 2.29. The maximum absolute atomic E-state index is 12.8. The van der Waals surface area contributed by atoms with Crippen LogP contribution in [0.5, 0.6) is 0 Å². The van der Waals surface area contributed by atoms with Crippen LogP contribution in [0.1, 0.15) is 31.2 Å². The van der Waals surface area contributed by atoms with E-state index in [9.17, 15) is 14.4 Å². The summed E-state index contributed by atoms with van der Waals surface area (Å²) in [4.78, 5) is 43.5. The van der Waals surface area contributed by atoms with Crippen LogP contribution in [0.3, 0.4) is 0 Å². The summed E-state index contributed by atoms with van der Waals surface area (Å²) in [5.41, 5.74) is 1.19. The van der Waals surface area contributed by atoms with Crippen molar-refractivity contribution in [1.29, 1.82) is 0 Å². The molecule has 0 radical (unpaired) electrons. The Bertz CT molecular complexity index is 1120. The number of fused-ring (bicyclic) bond motifs is 1. The van der Waals surface area contributed by atoms with E-state index in [-0.39, 0.29) is 11.5 Å². The van der Waals surface area contributed by atoms with Crippen LogP contribution in [-0.2, 0) is 32.0 Å². The minimum absolute atomic E-state index is 0.151. The van der Waals surface area contributed by atoms with E-state index in [2.05, 4.69) is 16.4 Å². The largest absolute Gasteiger partial charge is 0.335 e. The fourth-order valence-electron chi connectivity index (χ4n) is 3.50. The summed E-state index contributed by atoms with van der Waals surface area (Å²) >= 11 is 1.64. The topological polar surface area (TPSA) is 82.1 Å². The van der Waals surface area contributed by atoms with Crippen molar-refractivity contribution >= 4 is 28.4 Å². The zero-order chi connectivity index (χ0) is 19.8. The van der Waals surface area contributed by atoms with Crippen LogP contribution in [0, 0.1) is 0 Å². The number of hydrogen-bond acceptors (Lipinski definition) is 5. The van der Waals surface area contributed by atoms with Gasteiger partial charge in [-0.25, -0.2) is 9.78 Å². The van der Waals surface area contributed by atoms with Gasteiger partial charge in [0, 0.05) is 39.6 Å². The number of nitrogens with zero attached hydrogens (tertiary/aromatic N) is 5. The highest BCUT2D eigenvalue weighted by molar-refractivity contribution is 7.07. The fraction of sp³-hybridized carbons (Fsp3) is 0.474. The van der Waals surface area contributed by atoms with Gasteiger partial charge in [0.15, 0.2) is 11.2 Å². The smallest absolute Gasteiger partial charge is 0.332 e. The lowest BCUT2D eigenvalue weighted by Gasteiger charge is -2.22. The van der Waals surface area contributed by atoms with Gasteiger partial charge in [-0.1, -0.05) is 0 Å². The van der Waals surface area contributed by atoms with Crippen molar-refractivity contribution in [3.8, 4) is 0 Å². The molecule has 3 heterocycles. The van der Waals surface area contributed by atoms with Crippen LogP contribution in [0.4, 0.5) is 0 Å². The Morgan fingerprint density at radius 2 is 2.07 bits per heavy atom. The molecule has 0 spiro atoms. The fourth-order valence-corrected chi connectivity index (χ4v) is 4.16. The van der Waals surface area contributed by atoms with Crippen molar-refractivity contribution < 1.29 is 4.79 Å². The normalized spacial score (nSPS) is 13.9. The average Bonchev–Trinajstić information content (AvgIpc) is 3.22. The standard InChI is InChI=1S/C19H23N5O3S/c1-21-17-16(18(26)22(2)19(21)27)23(12-20-17)8-3-4-15(25)24(14-5-6-14)10-13-7-9-28-11-13/h7,9,11-12,14H,3-6,8,10H2,1-2H3. The van der Waals surface area contributed by atoms with Crippen molar-refractivity contribution in [2.24, 2.45) is 14.1 Å². The van der Waals surface area contributed by atoms with E-state index in [1.54, 1.807) is 29.3 Å². The third-order valence-electron chi connectivity index (χ3n) is 5.25. The molecule has 8 nitrogen and oxygen atoms in total. The van der Waals surface area contributed by atoms with Crippen LogP contribution in [0.25, 0.3) is 11.2 Å². The van der Waals surface area contributed by atoms with Gasteiger partial charge in [0.25, 0.3) is 5.56 Å². The number of amides is 1. The van der Waals surface area contributed by atoms with Crippen molar-refractivity contribution in [1.82, 2.24) is 23.6 Å². The molecule has 0 unspecified atom stereocenters. The van der Waals surface area contributed by atoms with Crippen LogP contribution in [0.2, 0.25) is 0 Å². The molecular formula is C19H23N5O3S. The van der Waals surface area contributed by atoms with Crippen molar-refractivity contribution in [2.75, 3.05) is 0 Å². The molecule has 0 aliphatic heterocycles. The maximum Gasteiger partial charge on any atom is 0.332 e. The number of aromatic nitrogens is 4. The third-order valence-corrected chi connectivity index (χ3v) is 5.98. The highest BCUT2D eigenvalue weighted by atomic mass is 32.1. The second-order valence-corrected chi connectivity index (χ2v) is 8.08. The summed E-state index contributed by atoms with van der Waals surface area (Å²) < 4.78 is 4.19. The summed E-state index contributed by atoms with van der Waals surface area (Å²) in [6, 6.07) is 2.42. The Morgan fingerprint density at radius 1 is 1.29 bits per heavy atom. The number of carbonyl (C=O) groups is 1. The molecule has 0 saturated heterocycles. The number of rotatable bonds is 7. The Balaban J connectivity index is 1.45. The van der Waals surface area contributed by atoms with Crippen LogP contribution < -0.4 is 11.2 Å². The van der Waals surface area contributed by atoms with E-state index in [4.69, 9.17) is 0 Å². The molecule has 1 fully saturated rings. The Morgan fingerprint density at radius 3 is 2.75 bits per heavy atom. The van der Waals surface area contributed by atoms with E-state index in [1.165, 1.54) is 17.2 Å². The van der Waals surface area contributed by atoms with Gasteiger partial charge in [0.05, 0.1) is 6.33 Å². The summed E-state index contributed by atoms with van der Waals surface area (Å²) in [5, 5.41) is 4.11. The van der Waals surface area contributed by atoms with Crippen molar-refractivity contribution in [3.05, 3.63) is 49.6 Å². The molecule has 1 aliphatic rings. The van der Waals surface area contributed by atoms with Gasteiger partial charge in [-0.3, -0.25) is 18.7 Å². The minimum atomic E-state index is -0.397. The molecular weight excluding hydrogens is 378 g/mol.